The zero-order chi connectivity index (χ0) is 22.9. The molecule has 0 unspecified atom stereocenters. The number of aromatic nitrogens is 2. The van der Waals surface area contributed by atoms with Crippen molar-refractivity contribution in [3.63, 3.8) is 0 Å². The topological polar surface area (TPSA) is 118 Å². The highest BCUT2D eigenvalue weighted by molar-refractivity contribution is 7.73. The van der Waals surface area contributed by atoms with Crippen LogP contribution in [0.3, 0.4) is 0 Å². The third kappa shape index (κ3) is 6.96. The second kappa shape index (κ2) is 11.5. The van der Waals surface area contributed by atoms with Gasteiger partial charge in [0.15, 0.2) is 5.78 Å². The lowest BCUT2D eigenvalue weighted by Gasteiger charge is -2.17. The van der Waals surface area contributed by atoms with Crippen LogP contribution in [0.25, 0.3) is 0 Å². The van der Waals surface area contributed by atoms with E-state index in [9.17, 15) is 18.0 Å². The number of rotatable bonds is 11. The van der Waals surface area contributed by atoms with Gasteiger partial charge in [0.25, 0.3) is 0 Å². The normalized spacial score (nSPS) is 11.8. The van der Waals surface area contributed by atoms with Crippen molar-refractivity contribution in [1.29, 1.82) is 0 Å². The predicted molar refractivity (Wildman–Crippen MR) is 124 cm³/mol. The first kappa shape index (κ1) is 23.6. The Bertz CT molecular complexity index is 1120. The number of hydrogen-bond acceptors (Lipinski definition) is 7. The number of hydrogen-bond donors (Lipinski definition) is 3. The zero-order valence-corrected chi connectivity index (χ0v) is 19.2. The monoisotopic (exact) mass is 472 g/mol. The minimum absolute atomic E-state index is 0.0529. The molecule has 0 saturated carbocycles. The van der Waals surface area contributed by atoms with E-state index in [0.717, 1.165) is 22.7 Å². The van der Waals surface area contributed by atoms with Crippen LogP contribution in [0.2, 0.25) is 0 Å². The van der Waals surface area contributed by atoms with Gasteiger partial charge in [0.05, 0.1) is 11.7 Å². The fourth-order valence-electron chi connectivity index (χ4n) is 3.05. The van der Waals surface area contributed by atoms with Gasteiger partial charge in [0, 0.05) is 30.1 Å². The van der Waals surface area contributed by atoms with Gasteiger partial charge >= 0.3 is 0 Å². The van der Waals surface area contributed by atoms with Crippen molar-refractivity contribution in [3.8, 4) is 0 Å². The molecule has 32 heavy (non-hydrogen) atoms. The van der Waals surface area contributed by atoms with E-state index in [4.69, 9.17) is 0 Å². The highest BCUT2D eigenvalue weighted by atomic mass is 32.2. The summed E-state index contributed by atoms with van der Waals surface area (Å²) in [5, 5.41) is 5.75. The van der Waals surface area contributed by atoms with Crippen molar-refractivity contribution in [3.05, 3.63) is 76.0 Å². The van der Waals surface area contributed by atoms with Crippen LogP contribution in [-0.4, -0.2) is 30.1 Å². The van der Waals surface area contributed by atoms with Gasteiger partial charge in [-0.1, -0.05) is 25.1 Å². The van der Waals surface area contributed by atoms with Crippen LogP contribution >= 0.6 is 11.3 Å². The number of thiazole rings is 1. The number of amides is 1. The number of aryl methyl sites for hydroxylation is 1. The quantitative estimate of drug-likeness (QED) is 0.292. The average molecular weight is 473 g/mol. The molecule has 0 aliphatic rings. The molecule has 8 nitrogen and oxygen atoms in total. The van der Waals surface area contributed by atoms with Gasteiger partial charge < -0.3 is 5.32 Å². The van der Waals surface area contributed by atoms with Crippen molar-refractivity contribution in [2.24, 2.45) is 0 Å². The second-order valence-corrected chi connectivity index (χ2v) is 8.69. The number of thiol groups is 1. The number of benzene rings is 1. The fraction of sp³-hybridized carbons (Fsp3) is 0.273. The lowest BCUT2D eigenvalue weighted by Crippen LogP contribution is -2.30. The van der Waals surface area contributed by atoms with E-state index in [-0.39, 0.29) is 30.6 Å². The number of carbonyl (C=O) groups excluding carboxylic acids is 2. The molecule has 0 radical (unpaired) electrons. The molecule has 1 amide bonds. The largest absolute Gasteiger partial charge is 0.347 e. The minimum Gasteiger partial charge on any atom is -0.347 e. The second-order valence-electron chi connectivity index (χ2n) is 7.06. The summed E-state index contributed by atoms with van der Waals surface area (Å²) in [6.07, 6.45) is 2.95. The number of carbonyl (C=O) groups is 2. The Morgan fingerprint density at radius 3 is 2.50 bits per heavy atom. The van der Waals surface area contributed by atoms with Gasteiger partial charge in [-0.15, -0.1) is 11.3 Å². The van der Waals surface area contributed by atoms with Gasteiger partial charge in [-0.3, -0.25) is 19.3 Å². The highest BCUT2D eigenvalue weighted by Gasteiger charge is 2.20. The molecule has 2 heterocycles. The number of ketones is 1. The summed E-state index contributed by atoms with van der Waals surface area (Å²) in [6, 6.07) is 11.7. The summed E-state index contributed by atoms with van der Waals surface area (Å²) < 4.78 is 24.0. The number of Topliss-reactive ketones (excluding diaryl/α,β-unsaturated/α-hetero) is 1. The predicted octanol–water partition coefficient (Wildman–Crippen LogP) is 3.10. The third-order valence-corrected chi connectivity index (χ3v) is 6.16. The summed E-state index contributed by atoms with van der Waals surface area (Å²) in [6.45, 7) is 2.02. The molecule has 0 bridgehead atoms. The van der Waals surface area contributed by atoms with Crippen LogP contribution < -0.4 is 10.0 Å². The lowest BCUT2D eigenvalue weighted by atomic mass is 10.1. The molecule has 0 aliphatic carbocycles. The Kier molecular flexibility index (Phi) is 8.46. The van der Waals surface area contributed by atoms with Gasteiger partial charge in [-0.2, -0.15) is 0 Å². The Morgan fingerprint density at radius 2 is 1.88 bits per heavy atom. The van der Waals surface area contributed by atoms with Gasteiger partial charge in [-0.25, -0.2) is 13.4 Å². The van der Waals surface area contributed by atoms with Crippen LogP contribution in [-0.2, 0) is 28.5 Å². The summed E-state index contributed by atoms with van der Waals surface area (Å²) >= 11 is 1.48. The lowest BCUT2D eigenvalue weighted by molar-refractivity contribution is -0.121. The van der Waals surface area contributed by atoms with E-state index in [1.807, 2.05) is 12.3 Å². The molecule has 3 aromatic rings. The molecule has 168 valence electrons. The molecule has 0 fully saturated rings. The Hall–Kier alpha value is -3.11. The van der Waals surface area contributed by atoms with E-state index in [0.29, 0.717) is 17.8 Å². The number of nitrogens with one attached hydrogen (secondary N) is 2. The Balaban J connectivity index is 1.67. The minimum atomic E-state index is -2.72. The van der Waals surface area contributed by atoms with Crippen molar-refractivity contribution in [1.82, 2.24) is 15.3 Å². The van der Waals surface area contributed by atoms with Gasteiger partial charge in [0.2, 0.25) is 16.8 Å². The Labute approximate surface area is 192 Å². The molecule has 1 atom stereocenters. The SMILES string of the molecule is CCc1csc([C@H](Cc2ccc(N[SH](=O)=O)cc2)NC(=O)CCC(=O)c2ccccn2)n1. The van der Waals surface area contributed by atoms with Crippen molar-refractivity contribution < 1.29 is 18.0 Å². The van der Waals surface area contributed by atoms with Crippen LogP contribution in [0.15, 0.2) is 54.0 Å². The molecule has 2 N–H and O–H groups in total. The van der Waals surface area contributed by atoms with Gasteiger partial charge in [0.1, 0.15) is 10.7 Å². The molecule has 0 spiro atoms. The summed E-state index contributed by atoms with van der Waals surface area (Å²) in [4.78, 5) is 33.5. The molecule has 1 aromatic carbocycles. The molecular weight excluding hydrogens is 448 g/mol. The van der Waals surface area contributed by atoms with Crippen LogP contribution in [0.1, 0.15) is 52.6 Å². The third-order valence-electron chi connectivity index (χ3n) is 4.71. The number of anilines is 1. The highest BCUT2D eigenvalue weighted by Crippen LogP contribution is 2.24. The first-order valence-corrected chi connectivity index (χ1v) is 12.2. The van der Waals surface area contributed by atoms with E-state index in [2.05, 4.69) is 20.0 Å². The van der Waals surface area contributed by atoms with E-state index in [1.54, 1.807) is 48.7 Å². The molecule has 3 rings (SSSR count). The van der Waals surface area contributed by atoms with Crippen molar-refractivity contribution in [2.45, 2.75) is 38.6 Å². The molecule has 0 saturated heterocycles. The van der Waals surface area contributed by atoms with E-state index in [1.165, 1.54) is 11.3 Å². The number of pyridine rings is 1. The van der Waals surface area contributed by atoms with Gasteiger partial charge in [-0.05, 0) is 42.7 Å². The number of nitrogens with zero attached hydrogens (tertiary/aromatic N) is 2. The standard InChI is InChI=1S/C22H24N4O4S2/c1-2-16-14-31-22(24-16)19(13-15-6-8-17(9-7-15)26-32(29)30)25-21(28)11-10-20(27)18-5-3-4-12-23-18/h3-9,12,14,19,32H,2,10-11,13H2,1H3,(H,25,28)(H,26,29,30)/t19-/m0/s1. The van der Waals surface area contributed by atoms with Crippen LogP contribution in [0.4, 0.5) is 5.69 Å². The molecule has 2 aromatic heterocycles. The maximum atomic E-state index is 12.6. The maximum Gasteiger partial charge on any atom is 0.222 e. The average Bonchev–Trinajstić information content (AvgIpc) is 3.28. The maximum absolute atomic E-state index is 12.6. The zero-order valence-electron chi connectivity index (χ0n) is 17.5. The summed E-state index contributed by atoms with van der Waals surface area (Å²) in [5.74, 6) is -0.422. The Morgan fingerprint density at radius 1 is 1.09 bits per heavy atom. The first-order valence-electron chi connectivity index (χ1n) is 10.1. The van der Waals surface area contributed by atoms with Crippen LogP contribution in [0.5, 0.6) is 0 Å². The van der Waals surface area contributed by atoms with E-state index < -0.39 is 10.9 Å². The molecule has 0 aliphatic heterocycles. The van der Waals surface area contributed by atoms with Crippen LogP contribution in [0, 0.1) is 0 Å². The van der Waals surface area contributed by atoms with E-state index >= 15 is 0 Å². The first-order chi connectivity index (χ1) is 15.4. The fourth-order valence-corrected chi connectivity index (χ4v) is 4.36. The van der Waals surface area contributed by atoms with Crippen molar-refractivity contribution >= 4 is 39.6 Å². The summed E-state index contributed by atoms with van der Waals surface area (Å²) in [7, 11) is -2.72. The molecule has 10 heteroatoms. The summed E-state index contributed by atoms with van der Waals surface area (Å²) in [5.41, 5.74) is 2.69. The smallest absolute Gasteiger partial charge is 0.222 e. The molecular formula is C22H24N4O4S2. The van der Waals surface area contributed by atoms with Crippen molar-refractivity contribution in [2.75, 3.05) is 4.72 Å².